The van der Waals surface area contributed by atoms with Crippen LogP contribution >= 0.6 is 22.9 Å². The van der Waals surface area contributed by atoms with Crippen molar-refractivity contribution in [2.75, 3.05) is 13.2 Å². The molecule has 0 aromatic carbocycles. The van der Waals surface area contributed by atoms with Crippen molar-refractivity contribution in [3.05, 3.63) is 10.2 Å². The topological polar surface area (TPSA) is 79.3 Å². The van der Waals surface area contributed by atoms with Gasteiger partial charge in [-0.25, -0.2) is 18.1 Å². The average molecular weight is 311 g/mol. The van der Waals surface area contributed by atoms with Gasteiger partial charge in [-0.2, -0.15) is 0 Å². The molecule has 0 atom stereocenters. The number of hydrogen-bond acceptors (Lipinski definition) is 5. The molecule has 0 unspecified atom stereocenters. The first kappa shape index (κ1) is 14.2. The normalized spacial score (nSPS) is 17.9. The van der Waals surface area contributed by atoms with E-state index in [1.165, 1.54) is 0 Å². The second-order valence-electron chi connectivity index (χ2n) is 4.64. The Morgan fingerprint density at radius 3 is 2.67 bits per heavy atom. The third-order valence-corrected chi connectivity index (χ3v) is 6.48. The number of aliphatic hydroxyl groups is 1. The van der Waals surface area contributed by atoms with E-state index in [1.54, 1.807) is 6.92 Å². The highest BCUT2D eigenvalue weighted by Crippen LogP contribution is 2.48. The molecule has 102 valence electrons. The molecule has 1 heterocycles. The molecule has 0 radical (unpaired) electrons. The Balaban J connectivity index is 2.06. The van der Waals surface area contributed by atoms with Gasteiger partial charge >= 0.3 is 0 Å². The largest absolute Gasteiger partial charge is 0.396 e. The standard InChI is InChI=1S/C10H15ClN2O3S2/c1-7-8(17-9(11)13-7)18(15,16)12-6-10(2-3-10)4-5-14/h12,14H,2-6H2,1H3. The van der Waals surface area contributed by atoms with Gasteiger partial charge in [-0.3, -0.25) is 0 Å². The minimum atomic E-state index is -3.54. The number of halogens is 1. The summed E-state index contributed by atoms with van der Waals surface area (Å²) in [6, 6.07) is 0. The number of aromatic nitrogens is 1. The van der Waals surface area contributed by atoms with Crippen molar-refractivity contribution in [1.29, 1.82) is 0 Å². The van der Waals surface area contributed by atoms with E-state index in [0.717, 1.165) is 24.2 Å². The molecule has 1 aromatic rings. The summed E-state index contributed by atoms with van der Waals surface area (Å²) in [7, 11) is -3.54. The monoisotopic (exact) mass is 310 g/mol. The maximum absolute atomic E-state index is 12.1. The highest BCUT2D eigenvalue weighted by Gasteiger charge is 2.42. The van der Waals surface area contributed by atoms with Gasteiger partial charge in [0.15, 0.2) is 8.68 Å². The molecule has 0 bridgehead atoms. The van der Waals surface area contributed by atoms with Crippen molar-refractivity contribution in [3.8, 4) is 0 Å². The second-order valence-corrected chi connectivity index (χ2v) is 8.18. The third-order valence-electron chi connectivity index (χ3n) is 3.21. The molecule has 8 heteroatoms. The number of aryl methyl sites for hydroxylation is 1. The summed E-state index contributed by atoms with van der Waals surface area (Å²) in [5.74, 6) is 0. The summed E-state index contributed by atoms with van der Waals surface area (Å²) >= 11 is 6.67. The molecule has 0 saturated heterocycles. The molecule has 1 aliphatic rings. The van der Waals surface area contributed by atoms with E-state index >= 15 is 0 Å². The van der Waals surface area contributed by atoms with E-state index in [4.69, 9.17) is 16.7 Å². The minimum absolute atomic E-state index is 0.0514. The lowest BCUT2D eigenvalue weighted by Gasteiger charge is -2.14. The van der Waals surface area contributed by atoms with Crippen LogP contribution in [0, 0.1) is 12.3 Å². The minimum Gasteiger partial charge on any atom is -0.396 e. The van der Waals surface area contributed by atoms with Crippen LogP contribution in [0.15, 0.2) is 4.21 Å². The van der Waals surface area contributed by atoms with E-state index in [9.17, 15) is 8.42 Å². The number of hydrogen-bond donors (Lipinski definition) is 2. The van der Waals surface area contributed by atoms with Crippen LogP contribution in [0.4, 0.5) is 0 Å². The number of thiazole rings is 1. The summed E-state index contributed by atoms with van der Waals surface area (Å²) in [6.07, 6.45) is 2.55. The van der Waals surface area contributed by atoms with E-state index < -0.39 is 10.0 Å². The molecule has 1 fully saturated rings. The van der Waals surface area contributed by atoms with E-state index in [-0.39, 0.29) is 20.7 Å². The summed E-state index contributed by atoms with van der Waals surface area (Å²) < 4.78 is 27.2. The number of nitrogens with zero attached hydrogens (tertiary/aromatic N) is 1. The van der Waals surface area contributed by atoms with Crippen LogP contribution in [0.3, 0.4) is 0 Å². The predicted octanol–water partition coefficient (Wildman–Crippen LogP) is 1.55. The number of rotatable bonds is 6. The fourth-order valence-corrected chi connectivity index (χ4v) is 4.78. The Kier molecular flexibility index (Phi) is 3.99. The molecule has 0 amide bonds. The van der Waals surface area contributed by atoms with Crippen molar-refractivity contribution in [2.45, 2.75) is 30.4 Å². The van der Waals surface area contributed by atoms with Gasteiger partial charge < -0.3 is 5.11 Å². The van der Waals surface area contributed by atoms with Crippen LogP contribution in [-0.4, -0.2) is 31.7 Å². The molecule has 2 rings (SSSR count). The fourth-order valence-electron chi connectivity index (χ4n) is 1.84. The molecule has 1 aromatic heterocycles. The zero-order valence-corrected chi connectivity index (χ0v) is 12.3. The first-order valence-corrected chi connectivity index (χ1v) is 8.30. The predicted molar refractivity (Wildman–Crippen MR) is 70.4 cm³/mol. The molecule has 0 aliphatic heterocycles. The molecule has 18 heavy (non-hydrogen) atoms. The SMILES string of the molecule is Cc1nc(Cl)sc1S(=O)(=O)NCC1(CCO)CC1. The molecule has 5 nitrogen and oxygen atoms in total. The zero-order chi connectivity index (χ0) is 13.4. The van der Waals surface area contributed by atoms with Gasteiger partial charge in [-0.1, -0.05) is 22.9 Å². The van der Waals surface area contributed by atoms with Crippen LogP contribution in [0.1, 0.15) is 25.0 Å². The van der Waals surface area contributed by atoms with Gasteiger partial charge in [-0.05, 0) is 31.6 Å². The molecule has 0 spiro atoms. The highest BCUT2D eigenvalue weighted by atomic mass is 35.5. The van der Waals surface area contributed by atoms with Crippen molar-refractivity contribution >= 4 is 33.0 Å². The maximum atomic E-state index is 12.1. The van der Waals surface area contributed by atoms with Crippen LogP contribution < -0.4 is 4.72 Å². The molecular weight excluding hydrogens is 296 g/mol. The van der Waals surface area contributed by atoms with Gasteiger partial charge in [0.2, 0.25) is 0 Å². The van der Waals surface area contributed by atoms with E-state index in [0.29, 0.717) is 18.7 Å². The summed E-state index contributed by atoms with van der Waals surface area (Å²) in [6.45, 7) is 2.08. The number of aliphatic hydroxyl groups excluding tert-OH is 1. The summed E-state index contributed by atoms with van der Waals surface area (Å²) in [5, 5.41) is 8.93. The van der Waals surface area contributed by atoms with Gasteiger partial charge in [0, 0.05) is 13.2 Å². The van der Waals surface area contributed by atoms with E-state index in [2.05, 4.69) is 9.71 Å². The lowest BCUT2D eigenvalue weighted by Crippen LogP contribution is -2.30. The van der Waals surface area contributed by atoms with Crippen molar-refractivity contribution < 1.29 is 13.5 Å². The second kappa shape index (κ2) is 5.05. The first-order chi connectivity index (χ1) is 8.38. The van der Waals surface area contributed by atoms with Gasteiger partial charge in [0.1, 0.15) is 0 Å². The average Bonchev–Trinajstić information content (AvgIpc) is 2.96. The quantitative estimate of drug-likeness (QED) is 0.835. The first-order valence-electron chi connectivity index (χ1n) is 5.62. The highest BCUT2D eigenvalue weighted by molar-refractivity contribution is 7.91. The van der Waals surface area contributed by atoms with Gasteiger partial charge in [0.05, 0.1) is 5.69 Å². The Morgan fingerprint density at radius 2 is 2.22 bits per heavy atom. The van der Waals surface area contributed by atoms with E-state index in [1.807, 2.05) is 0 Å². The number of sulfonamides is 1. The Morgan fingerprint density at radius 1 is 1.56 bits per heavy atom. The Labute approximate surface area is 115 Å². The molecular formula is C10H15ClN2O3S2. The van der Waals surface area contributed by atoms with Crippen LogP contribution in [0.2, 0.25) is 4.47 Å². The van der Waals surface area contributed by atoms with Crippen molar-refractivity contribution in [2.24, 2.45) is 5.41 Å². The van der Waals surface area contributed by atoms with Crippen molar-refractivity contribution in [1.82, 2.24) is 9.71 Å². The Bertz CT molecular complexity index is 537. The third kappa shape index (κ3) is 3.03. The molecule has 1 saturated carbocycles. The smallest absolute Gasteiger partial charge is 0.252 e. The van der Waals surface area contributed by atoms with Gasteiger partial charge in [0.25, 0.3) is 10.0 Å². The Hall–Kier alpha value is -0.210. The fraction of sp³-hybridized carbons (Fsp3) is 0.700. The number of nitrogens with one attached hydrogen (secondary N) is 1. The zero-order valence-electron chi connectivity index (χ0n) is 9.94. The molecule has 2 N–H and O–H groups in total. The maximum Gasteiger partial charge on any atom is 0.252 e. The van der Waals surface area contributed by atoms with Crippen LogP contribution in [0.5, 0.6) is 0 Å². The van der Waals surface area contributed by atoms with Crippen molar-refractivity contribution in [3.63, 3.8) is 0 Å². The van der Waals surface area contributed by atoms with Crippen LogP contribution in [-0.2, 0) is 10.0 Å². The summed E-state index contributed by atoms with van der Waals surface area (Å²) in [5.41, 5.74) is 0.369. The summed E-state index contributed by atoms with van der Waals surface area (Å²) in [4.78, 5) is 3.90. The molecule has 1 aliphatic carbocycles. The van der Waals surface area contributed by atoms with Crippen LogP contribution in [0.25, 0.3) is 0 Å². The van der Waals surface area contributed by atoms with Gasteiger partial charge in [-0.15, -0.1) is 0 Å². The lowest BCUT2D eigenvalue weighted by molar-refractivity contribution is 0.249. The lowest BCUT2D eigenvalue weighted by atomic mass is 10.0.